The highest BCUT2D eigenvalue weighted by Gasteiger charge is 2.23. The molecule has 0 saturated carbocycles. The first-order valence-electron chi connectivity index (χ1n) is 5.06. The summed E-state index contributed by atoms with van der Waals surface area (Å²) in [5.41, 5.74) is 0.639. The number of carbonyl (C=O) groups excluding carboxylic acids is 1. The molecule has 4 heteroatoms. The Labute approximate surface area is 94.7 Å². The van der Waals surface area contributed by atoms with Crippen molar-refractivity contribution in [3.8, 4) is 0 Å². The number of benzene rings is 1. The van der Waals surface area contributed by atoms with E-state index in [1.54, 1.807) is 30.3 Å². The van der Waals surface area contributed by atoms with E-state index in [1.165, 1.54) is 5.41 Å². The second kappa shape index (κ2) is 4.22. The van der Waals surface area contributed by atoms with Gasteiger partial charge in [-0.25, -0.2) is 8.42 Å². The quantitative estimate of drug-likeness (QED) is 0.752. The fraction of sp³-hybridized carbons (Fsp3) is 0.250. The summed E-state index contributed by atoms with van der Waals surface area (Å²) in [5.74, 6) is -0.115. The summed E-state index contributed by atoms with van der Waals surface area (Å²) in [6, 6.07) is 8.94. The first-order valence-corrected chi connectivity index (χ1v) is 6.77. The lowest BCUT2D eigenvalue weighted by Crippen LogP contribution is -2.11. The van der Waals surface area contributed by atoms with Gasteiger partial charge >= 0.3 is 0 Å². The molecule has 1 atom stereocenters. The maximum absolute atomic E-state index is 11.8. The Morgan fingerprint density at radius 3 is 2.50 bits per heavy atom. The van der Waals surface area contributed by atoms with Crippen LogP contribution in [0.1, 0.15) is 16.8 Å². The average Bonchev–Trinajstić information content (AvgIpc) is 2.59. The SMILES string of the molecule is O=C(CC1C=CS(=O)(=O)C1)c1ccccc1. The molecule has 0 aromatic heterocycles. The number of carbonyl (C=O) groups is 1. The Kier molecular flexibility index (Phi) is 2.92. The predicted molar refractivity (Wildman–Crippen MR) is 61.8 cm³/mol. The van der Waals surface area contributed by atoms with Crippen LogP contribution in [0.3, 0.4) is 0 Å². The van der Waals surface area contributed by atoms with Crippen LogP contribution in [0.25, 0.3) is 0 Å². The van der Waals surface area contributed by atoms with Crippen LogP contribution in [0.4, 0.5) is 0 Å². The van der Waals surface area contributed by atoms with E-state index < -0.39 is 9.84 Å². The second-order valence-corrected chi connectivity index (χ2v) is 5.84. The largest absolute Gasteiger partial charge is 0.294 e. The molecule has 1 aromatic carbocycles. The Balaban J connectivity index is 2.03. The molecule has 0 spiro atoms. The van der Waals surface area contributed by atoms with Gasteiger partial charge in [-0.3, -0.25) is 4.79 Å². The molecule has 2 rings (SSSR count). The lowest BCUT2D eigenvalue weighted by atomic mass is 10.00. The van der Waals surface area contributed by atoms with E-state index >= 15 is 0 Å². The highest BCUT2D eigenvalue weighted by atomic mass is 32.2. The minimum Gasteiger partial charge on any atom is -0.294 e. The van der Waals surface area contributed by atoms with Crippen LogP contribution >= 0.6 is 0 Å². The zero-order valence-corrected chi connectivity index (χ0v) is 9.48. The number of sulfone groups is 1. The van der Waals surface area contributed by atoms with Crippen molar-refractivity contribution >= 4 is 15.6 Å². The van der Waals surface area contributed by atoms with Gasteiger partial charge in [0.1, 0.15) is 0 Å². The highest BCUT2D eigenvalue weighted by molar-refractivity contribution is 7.94. The normalized spacial score (nSPS) is 22.1. The summed E-state index contributed by atoms with van der Waals surface area (Å²) in [7, 11) is -3.06. The van der Waals surface area contributed by atoms with E-state index in [0.717, 1.165) is 0 Å². The number of rotatable bonds is 3. The molecule has 1 unspecified atom stereocenters. The van der Waals surface area contributed by atoms with Gasteiger partial charge in [0.25, 0.3) is 0 Å². The third kappa shape index (κ3) is 2.58. The standard InChI is InChI=1S/C12H12O3S/c13-12(11-4-2-1-3-5-11)8-10-6-7-16(14,15)9-10/h1-7,10H,8-9H2. The number of allylic oxidation sites excluding steroid dienone is 1. The van der Waals surface area contributed by atoms with Crippen molar-refractivity contribution in [1.82, 2.24) is 0 Å². The van der Waals surface area contributed by atoms with Crippen LogP contribution in [-0.2, 0) is 9.84 Å². The second-order valence-electron chi connectivity index (χ2n) is 3.91. The molecule has 0 saturated heterocycles. The molecule has 0 fully saturated rings. The van der Waals surface area contributed by atoms with Gasteiger partial charge in [0, 0.05) is 17.4 Å². The first-order chi connectivity index (χ1) is 7.57. The maximum atomic E-state index is 11.8. The third-order valence-corrected chi connectivity index (χ3v) is 4.01. The molecule has 0 aliphatic carbocycles. The Hall–Kier alpha value is -1.42. The summed E-state index contributed by atoms with van der Waals surface area (Å²) in [5, 5.41) is 1.20. The monoisotopic (exact) mass is 236 g/mol. The summed E-state index contributed by atoms with van der Waals surface area (Å²) >= 11 is 0. The predicted octanol–water partition coefficient (Wildman–Crippen LogP) is 1.82. The first kappa shape index (κ1) is 11.1. The molecular weight excluding hydrogens is 224 g/mol. The van der Waals surface area contributed by atoms with Crippen LogP contribution in [-0.4, -0.2) is 20.0 Å². The van der Waals surface area contributed by atoms with E-state index in [0.29, 0.717) is 5.56 Å². The van der Waals surface area contributed by atoms with Crippen LogP contribution in [0, 0.1) is 5.92 Å². The molecule has 0 amide bonds. The van der Waals surface area contributed by atoms with Gasteiger partial charge in [-0.1, -0.05) is 36.4 Å². The minimum atomic E-state index is -3.06. The summed E-state index contributed by atoms with van der Waals surface area (Å²) in [6.45, 7) is 0. The van der Waals surface area contributed by atoms with Crippen LogP contribution < -0.4 is 0 Å². The van der Waals surface area contributed by atoms with Crippen molar-refractivity contribution in [2.75, 3.05) is 5.75 Å². The fourth-order valence-corrected chi connectivity index (χ4v) is 3.15. The molecule has 1 aliphatic heterocycles. The molecule has 3 nitrogen and oxygen atoms in total. The molecular formula is C12H12O3S. The van der Waals surface area contributed by atoms with Gasteiger partial charge in [-0.05, 0) is 5.92 Å². The van der Waals surface area contributed by atoms with Crippen molar-refractivity contribution < 1.29 is 13.2 Å². The van der Waals surface area contributed by atoms with Crippen molar-refractivity contribution in [2.45, 2.75) is 6.42 Å². The van der Waals surface area contributed by atoms with Crippen LogP contribution in [0.5, 0.6) is 0 Å². The number of ketones is 1. The zero-order chi connectivity index (χ0) is 11.6. The van der Waals surface area contributed by atoms with Gasteiger partial charge < -0.3 is 0 Å². The molecule has 84 valence electrons. The van der Waals surface area contributed by atoms with E-state index in [9.17, 15) is 13.2 Å². The van der Waals surface area contributed by atoms with E-state index in [4.69, 9.17) is 0 Å². The zero-order valence-electron chi connectivity index (χ0n) is 8.67. The molecule has 1 heterocycles. The molecule has 1 aliphatic rings. The van der Waals surface area contributed by atoms with Crippen LogP contribution in [0.2, 0.25) is 0 Å². The fourth-order valence-electron chi connectivity index (χ4n) is 1.75. The highest BCUT2D eigenvalue weighted by Crippen LogP contribution is 2.20. The van der Waals surface area contributed by atoms with Gasteiger partial charge in [0.05, 0.1) is 5.75 Å². The Bertz CT molecular complexity index is 514. The lowest BCUT2D eigenvalue weighted by Gasteiger charge is -2.05. The van der Waals surface area contributed by atoms with Gasteiger partial charge in [-0.15, -0.1) is 0 Å². The van der Waals surface area contributed by atoms with Gasteiger partial charge in [0.2, 0.25) is 0 Å². The van der Waals surface area contributed by atoms with Gasteiger partial charge in [-0.2, -0.15) is 0 Å². The number of hydrogen-bond acceptors (Lipinski definition) is 3. The molecule has 0 radical (unpaired) electrons. The number of Topliss-reactive ketones (excluding diaryl/α,β-unsaturated/α-hetero) is 1. The van der Waals surface area contributed by atoms with Gasteiger partial charge in [0.15, 0.2) is 15.6 Å². The molecule has 1 aromatic rings. The average molecular weight is 236 g/mol. The smallest absolute Gasteiger partial charge is 0.171 e. The number of hydrogen-bond donors (Lipinski definition) is 0. The van der Waals surface area contributed by atoms with E-state index in [-0.39, 0.29) is 23.9 Å². The summed E-state index contributed by atoms with van der Waals surface area (Å²) in [6.07, 6.45) is 1.87. The van der Waals surface area contributed by atoms with Crippen molar-refractivity contribution in [3.05, 3.63) is 47.4 Å². The van der Waals surface area contributed by atoms with E-state index in [1.807, 2.05) is 6.07 Å². The lowest BCUT2D eigenvalue weighted by molar-refractivity contribution is 0.0972. The minimum absolute atomic E-state index is 0.00708. The van der Waals surface area contributed by atoms with E-state index in [2.05, 4.69) is 0 Å². The Morgan fingerprint density at radius 2 is 1.94 bits per heavy atom. The van der Waals surface area contributed by atoms with Crippen molar-refractivity contribution in [2.24, 2.45) is 5.92 Å². The summed E-state index contributed by atoms with van der Waals surface area (Å²) < 4.78 is 22.3. The summed E-state index contributed by atoms with van der Waals surface area (Å²) in [4.78, 5) is 11.8. The Morgan fingerprint density at radius 1 is 1.25 bits per heavy atom. The molecule has 16 heavy (non-hydrogen) atoms. The van der Waals surface area contributed by atoms with Crippen LogP contribution in [0.15, 0.2) is 41.8 Å². The molecule has 0 N–H and O–H groups in total. The van der Waals surface area contributed by atoms with Crippen molar-refractivity contribution in [1.29, 1.82) is 0 Å². The topological polar surface area (TPSA) is 51.2 Å². The van der Waals surface area contributed by atoms with Crippen molar-refractivity contribution in [3.63, 3.8) is 0 Å². The third-order valence-electron chi connectivity index (χ3n) is 2.55. The molecule has 0 bridgehead atoms. The maximum Gasteiger partial charge on any atom is 0.171 e.